The molecule has 0 unspecified atom stereocenters. The molecule has 0 saturated carbocycles. The van der Waals surface area contributed by atoms with Crippen LogP contribution in [0.25, 0.3) is 0 Å². The highest BCUT2D eigenvalue weighted by Crippen LogP contribution is 2.20. The molecule has 2 aliphatic rings. The molecule has 1 aromatic heterocycles. The van der Waals surface area contributed by atoms with Gasteiger partial charge >= 0.3 is 0 Å². The van der Waals surface area contributed by atoms with Crippen molar-refractivity contribution in [3.8, 4) is 0 Å². The number of anilines is 2. The third-order valence-corrected chi connectivity index (χ3v) is 3.76. The number of H-pyrrole nitrogens is 1. The van der Waals surface area contributed by atoms with Gasteiger partial charge in [0, 0.05) is 26.2 Å². The normalized spacial score (nSPS) is 21.9. The van der Waals surface area contributed by atoms with Crippen molar-refractivity contribution in [2.75, 3.05) is 36.0 Å². The van der Waals surface area contributed by atoms with Gasteiger partial charge in [0.1, 0.15) is 0 Å². The molecule has 3 heterocycles. The summed E-state index contributed by atoms with van der Waals surface area (Å²) in [4.78, 5) is 9.27. The molecule has 1 N–H and O–H groups in total. The molecular weight excluding hydrogens is 214 g/mol. The van der Waals surface area contributed by atoms with Gasteiger partial charge in [-0.2, -0.15) is 4.98 Å². The van der Waals surface area contributed by atoms with Gasteiger partial charge in [0.15, 0.2) is 0 Å². The van der Waals surface area contributed by atoms with E-state index in [0.717, 1.165) is 38.1 Å². The van der Waals surface area contributed by atoms with Crippen LogP contribution in [0.15, 0.2) is 0 Å². The van der Waals surface area contributed by atoms with Gasteiger partial charge in [-0.05, 0) is 38.5 Å². The number of rotatable bonds is 2. The number of aromatic nitrogens is 3. The molecule has 0 spiro atoms. The molecule has 2 saturated heterocycles. The van der Waals surface area contributed by atoms with Gasteiger partial charge in [-0.3, -0.25) is 0 Å². The van der Waals surface area contributed by atoms with Crippen molar-refractivity contribution in [3.63, 3.8) is 0 Å². The van der Waals surface area contributed by atoms with Crippen molar-refractivity contribution in [1.82, 2.24) is 15.2 Å². The van der Waals surface area contributed by atoms with Crippen LogP contribution < -0.4 is 9.80 Å². The molecular formula is C12H21N5. The van der Waals surface area contributed by atoms with E-state index in [2.05, 4.69) is 25.0 Å². The summed E-state index contributed by atoms with van der Waals surface area (Å²) in [7, 11) is 0. The summed E-state index contributed by atoms with van der Waals surface area (Å²) in [6.07, 6.45) is 7.80. The molecule has 17 heavy (non-hydrogen) atoms. The number of nitrogens with one attached hydrogen (secondary N) is 1. The molecule has 94 valence electrons. The average molecular weight is 235 g/mol. The van der Waals surface area contributed by atoms with E-state index in [-0.39, 0.29) is 0 Å². The topological polar surface area (TPSA) is 48.1 Å². The third kappa shape index (κ3) is 2.37. The van der Waals surface area contributed by atoms with Crippen molar-refractivity contribution >= 4 is 11.9 Å². The maximum absolute atomic E-state index is 4.64. The zero-order valence-corrected chi connectivity index (χ0v) is 10.4. The number of piperidine rings is 2. The predicted molar refractivity (Wildman–Crippen MR) is 68.5 cm³/mol. The molecule has 0 bridgehead atoms. The standard InChI is InChI=1S/C12H21N5/c1-3-7-16(8-4-1)11-13-12(15-14-11)17-9-5-2-6-10-17/h1-10H2,(H,13,14,15). The van der Waals surface area contributed by atoms with Crippen molar-refractivity contribution in [2.24, 2.45) is 0 Å². The van der Waals surface area contributed by atoms with E-state index in [4.69, 9.17) is 0 Å². The molecule has 0 radical (unpaired) electrons. The highest BCUT2D eigenvalue weighted by molar-refractivity contribution is 5.39. The van der Waals surface area contributed by atoms with Crippen LogP contribution in [-0.2, 0) is 0 Å². The Kier molecular flexibility index (Phi) is 3.16. The molecule has 2 fully saturated rings. The van der Waals surface area contributed by atoms with Gasteiger partial charge in [0.2, 0.25) is 11.9 Å². The smallest absolute Gasteiger partial charge is 0.246 e. The number of hydrogen-bond donors (Lipinski definition) is 1. The van der Waals surface area contributed by atoms with Crippen molar-refractivity contribution in [1.29, 1.82) is 0 Å². The summed E-state index contributed by atoms with van der Waals surface area (Å²) in [5, 5.41) is 7.46. The Balaban J connectivity index is 1.68. The largest absolute Gasteiger partial charge is 0.341 e. The Morgan fingerprint density at radius 3 is 2.00 bits per heavy atom. The van der Waals surface area contributed by atoms with E-state index in [0.29, 0.717) is 0 Å². The molecule has 5 nitrogen and oxygen atoms in total. The van der Waals surface area contributed by atoms with Gasteiger partial charge in [0.25, 0.3) is 0 Å². The first-order valence-electron chi connectivity index (χ1n) is 6.86. The van der Waals surface area contributed by atoms with Gasteiger partial charge in [0.05, 0.1) is 0 Å². The lowest BCUT2D eigenvalue weighted by molar-refractivity contribution is 0.565. The van der Waals surface area contributed by atoms with Crippen molar-refractivity contribution in [2.45, 2.75) is 38.5 Å². The summed E-state index contributed by atoms with van der Waals surface area (Å²) in [5.74, 6) is 1.86. The van der Waals surface area contributed by atoms with E-state index in [1.165, 1.54) is 38.5 Å². The monoisotopic (exact) mass is 235 g/mol. The molecule has 1 aromatic rings. The summed E-state index contributed by atoms with van der Waals surface area (Å²) in [6, 6.07) is 0. The van der Waals surface area contributed by atoms with Crippen LogP contribution in [0, 0.1) is 0 Å². The Morgan fingerprint density at radius 2 is 1.35 bits per heavy atom. The average Bonchev–Trinajstić information content (AvgIpc) is 2.90. The zero-order valence-electron chi connectivity index (χ0n) is 10.4. The maximum atomic E-state index is 4.64. The second kappa shape index (κ2) is 4.94. The minimum Gasteiger partial charge on any atom is -0.341 e. The third-order valence-electron chi connectivity index (χ3n) is 3.76. The lowest BCUT2D eigenvalue weighted by Gasteiger charge is -2.26. The van der Waals surface area contributed by atoms with Crippen LogP contribution in [0.1, 0.15) is 38.5 Å². The lowest BCUT2D eigenvalue weighted by Crippen LogP contribution is -2.31. The van der Waals surface area contributed by atoms with Gasteiger partial charge in [-0.15, -0.1) is 5.10 Å². The highest BCUT2D eigenvalue weighted by atomic mass is 15.4. The molecule has 0 atom stereocenters. The Morgan fingerprint density at radius 1 is 0.765 bits per heavy atom. The van der Waals surface area contributed by atoms with Crippen LogP contribution >= 0.6 is 0 Å². The van der Waals surface area contributed by atoms with Crippen LogP contribution in [0.3, 0.4) is 0 Å². The molecule has 3 rings (SSSR count). The fourth-order valence-electron chi connectivity index (χ4n) is 2.73. The Hall–Kier alpha value is -1.26. The van der Waals surface area contributed by atoms with E-state index < -0.39 is 0 Å². The predicted octanol–water partition coefficient (Wildman–Crippen LogP) is 1.79. The van der Waals surface area contributed by atoms with Gasteiger partial charge in [-0.25, -0.2) is 5.10 Å². The molecule has 5 heteroatoms. The van der Waals surface area contributed by atoms with E-state index >= 15 is 0 Å². The fourth-order valence-corrected chi connectivity index (χ4v) is 2.73. The summed E-state index contributed by atoms with van der Waals surface area (Å²) >= 11 is 0. The lowest BCUT2D eigenvalue weighted by atomic mass is 10.1. The summed E-state index contributed by atoms with van der Waals surface area (Å²) in [5.41, 5.74) is 0. The zero-order chi connectivity index (χ0) is 11.5. The second-order valence-corrected chi connectivity index (χ2v) is 5.05. The first-order valence-corrected chi connectivity index (χ1v) is 6.86. The first-order chi connectivity index (χ1) is 8.43. The molecule has 2 aliphatic heterocycles. The minimum atomic E-state index is 0.894. The number of aromatic amines is 1. The van der Waals surface area contributed by atoms with Crippen molar-refractivity contribution < 1.29 is 0 Å². The SMILES string of the molecule is C1CCN(c2n[nH]c(N3CCCCC3)n2)CC1. The van der Waals surface area contributed by atoms with Gasteiger partial charge < -0.3 is 9.80 Å². The van der Waals surface area contributed by atoms with Crippen LogP contribution in [0.4, 0.5) is 11.9 Å². The highest BCUT2D eigenvalue weighted by Gasteiger charge is 2.18. The van der Waals surface area contributed by atoms with Crippen LogP contribution in [0.5, 0.6) is 0 Å². The fraction of sp³-hybridized carbons (Fsp3) is 0.833. The Labute approximate surface area is 102 Å². The first kappa shape index (κ1) is 10.9. The molecule has 0 aromatic carbocycles. The van der Waals surface area contributed by atoms with E-state index in [9.17, 15) is 0 Å². The van der Waals surface area contributed by atoms with Crippen LogP contribution in [-0.4, -0.2) is 41.4 Å². The quantitative estimate of drug-likeness (QED) is 0.849. The molecule has 0 aliphatic carbocycles. The van der Waals surface area contributed by atoms with E-state index in [1.807, 2.05) is 0 Å². The van der Waals surface area contributed by atoms with Crippen LogP contribution in [0.2, 0.25) is 0 Å². The summed E-state index contributed by atoms with van der Waals surface area (Å²) < 4.78 is 0. The second-order valence-electron chi connectivity index (χ2n) is 5.05. The molecule has 0 amide bonds. The van der Waals surface area contributed by atoms with E-state index in [1.54, 1.807) is 0 Å². The summed E-state index contributed by atoms with van der Waals surface area (Å²) in [6.45, 7) is 4.46. The minimum absolute atomic E-state index is 0.894. The Bertz CT molecular complexity index is 317. The number of hydrogen-bond acceptors (Lipinski definition) is 4. The van der Waals surface area contributed by atoms with Gasteiger partial charge in [-0.1, -0.05) is 0 Å². The van der Waals surface area contributed by atoms with Crippen molar-refractivity contribution in [3.05, 3.63) is 0 Å². The maximum Gasteiger partial charge on any atom is 0.246 e. The number of nitrogens with zero attached hydrogens (tertiary/aromatic N) is 4.